The molecule has 0 aliphatic carbocycles. The number of halogens is 3. The zero-order valence-electron chi connectivity index (χ0n) is 7.31. The zero-order valence-corrected chi connectivity index (χ0v) is 8.90. The van der Waals surface area contributed by atoms with E-state index in [4.69, 9.17) is 0 Å². The van der Waals surface area contributed by atoms with Crippen molar-refractivity contribution in [3.05, 3.63) is 28.4 Å². The summed E-state index contributed by atoms with van der Waals surface area (Å²) in [6.07, 6.45) is 1.41. The summed E-state index contributed by atoms with van der Waals surface area (Å²) in [5, 5.41) is 6.86. The lowest BCUT2D eigenvalue weighted by Crippen LogP contribution is -2.07. The normalized spacial score (nSPS) is 12.3. The highest BCUT2D eigenvalue weighted by molar-refractivity contribution is 9.10. The topological polar surface area (TPSA) is 28.7 Å². The van der Waals surface area contributed by atoms with Gasteiger partial charge in [-0.3, -0.25) is 5.10 Å². The highest BCUT2D eigenvalue weighted by atomic mass is 79.9. The number of hydrogen-bond acceptors (Lipinski definition) is 1. The van der Waals surface area contributed by atoms with Gasteiger partial charge in [-0.15, -0.1) is 0 Å². The lowest BCUT2D eigenvalue weighted by Gasteiger charge is -2.11. The molecule has 0 bridgehead atoms. The molecule has 2 rings (SSSR count). The first-order chi connectivity index (χ1) is 6.48. The number of aromatic amines is 1. The van der Waals surface area contributed by atoms with Crippen molar-refractivity contribution in [3.63, 3.8) is 0 Å². The van der Waals surface area contributed by atoms with E-state index in [0.29, 0.717) is 15.4 Å². The maximum absolute atomic E-state index is 13.2. The van der Waals surface area contributed by atoms with Gasteiger partial charge in [0.05, 0.1) is 11.7 Å². The first kappa shape index (κ1) is 9.58. The molecule has 0 atom stereocenters. The molecule has 74 valence electrons. The summed E-state index contributed by atoms with van der Waals surface area (Å²) in [6, 6.07) is 3.13. The molecule has 0 fully saturated rings. The number of hydrogen-bond donors (Lipinski definition) is 1. The Morgan fingerprint density at radius 3 is 2.79 bits per heavy atom. The van der Waals surface area contributed by atoms with Gasteiger partial charge in [-0.05, 0) is 12.1 Å². The molecule has 5 heteroatoms. The largest absolute Gasteiger partial charge is 0.278 e. The molecule has 14 heavy (non-hydrogen) atoms. The van der Waals surface area contributed by atoms with E-state index < -0.39 is 5.92 Å². The van der Waals surface area contributed by atoms with Crippen molar-refractivity contribution in [1.82, 2.24) is 10.2 Å². The summed E-state index contributed by atoms with van der Waals surface area (Å²) in [7, 11) is 0. The Bertz CT molecular complexity index is 473. The van der Waals surface area contributed by atoms with Crippen LogP contribution in [-0.2, 0) is 5.92 Å². The van der Waals surface area contributed by atoms with Gasteiger partial charge in [-0.2, -0.15) is 5.10 Å². The van der Waals surface area contributed by atoms with Crippen LogP contribution in [0.2, 0.25) is 0 Å². The van der Waals surface area contributed by atoms with Crippen LogP contribution in [0.1, 0.15) is 12.5 Å². The van der Waals surface area contributed by atoms with Gasteiger partial charge in [0.1, 0.15) is 0 Å². The van der Waals surface area contributed by atoms with Crippen LogP contribution in [0.25, 0.3) is 10.9 Å². The van der Waals surface area contributed by atoms with Crippen LogP contribution in [-0.4, -0.2) is 10.2 Å². The van der Waals surface area contributed by atoms with Crippen LogP contribution < -0.4 is 0 Å². The molecule has 0 aliphatic rings. The van der Waals surface area contributed by atoms with Gasteiger partial charge in [0.2, 0.25) is 0 Å². The fourth-order valence-corrected chi connectivity index (χ4v) is 1.84. The number of benzene rings is 1. The summed E-state index contributed by atoms with van der Waals surface area (Å²) >= 11 is 3.18. The number of nitrogens with zero attached hydrogens (tertiary/aromatic N) is 1. The average molecular weight is 261 g/mol. The number of rotatable bonds is 1. The molecule has 0 saturated heterocycles. The third-order valence-electron chi connectivity index (χ3n) is 2.00. The Morgan fingerprint density at radius 2 is 2.14 bits per heavy atom. The van der Waals surface area contributed by atoms with Gasteiger partial charge in [0.15, 0.2) is 0 Å². The standard InChI is InChI=1S/C9H7BrF2N2/c1-9(11,12)7-2-5(10)3-8-6(7)4-13-14-8/h2-4H,1H3,(H,13,14). The Kier molecular flexibility index (Phi) is 2.06. The van der Waals surface area contributed by atoms with Gasteiger partial charge in [-0.25, -0.2) is 8.78 Å². The van der Waals surface area contributed by atoms with Crippen LogP contribution in [0.4, 0.5) is 8.78 Å². The number of nitrogens with one attached hydrogen (secondary N) is 1. The lowest BCUT2D eigenvalue weighted by atomic mass is 10.1. The fourth-order valence-electron chi connectivity index (χ4n) is 1.38. The maximum Gasteiger partial charge on any atom is 0.271 e. The lowest BCUT2D eigenvalue weighted by molar-refractivity contribution is 0.0190. The molecule has 0 spiro atoms. The highest BCUT2D eigenvalue weighted by Crippen LogP contribution is 2.34. The minimum atomic E-state index is -2.86. The van der Waals surface area contributed by atoms with Crippen LogP contribution >= 0.6 is 15.9 Å². The van der Waals surface area contributed by atoms with Crippen molar-refractivity contribution >= 4 is 26.8 Å². The Hall–Kier alpha value is -0.970. The number of H-pyrrole nitrogens is 1. The molecule has 0 aliphatic heterocycles. The predicted molar refractivity (Wildman–Crippen MR) is 53.4 cm³/mol. The van der Waals surface area contributed by atoms with Crippen LogP contribution in [0.3, 0.4) is 0 Å². The van der Waals surface area contributed by atoms with Gasteiger partial charge in [0.25, 0.3) is 5.92 Å². The van der Waals surface area contributed by atoms with E-state index in [1.807, 2.05) is 0 Å². The summed E-state index contributed by atoms with van der Waals surface area (Å²) in [6.45, 7) is 0.876. The van der Waals surface area contributed by atoms with Crippen molar-refractivity contribution in [2.24, 2.45) is 0 Å². The first-order valence-electron chi connectivity index (χ1n) is 3.99. The second kappa shape index (κ2) is 3.02. The molecule has 1 aromatic carbocycles. The van der Waals surface area contributed by atoms with Gasteiger partial charge < -0.3 is 0 Å². The van der Waals surface area contributed by atoms with Gasteiger partial charge in [-0.1, -0.05) is 15.9 Å². The summed E-state index contributed by atoms with van der Waals surface area (Å²) in [4.78, 5) is 0. The van der Waals surface area contributed by atoms with Crippen molar-refractivity contribution in [2.45, 2.75) is 12.8 Å². The monoisotopic (exact) mass is 260 g/mol. The summed E-state index contributed by atoms with van der Waals surface area (Å²) in [5.74, 6) is -2.86. The molecule has 2 nitrogen and oxygen atoms in total. The second-order valence-corrected chi connectivity index (χ2v) is 4.09. The van der Waals surface area contributed by atoms with Crippen LogP contribution in [0.5, 0.6) is 0 Å². The molecule has 0 unspecified atom stereocenters. The quantitative estimate of drug-likeness (QED) is 0.836. The molecular formula is C9H7BrF2N2. The molecule has 2 aromatic rings. The molecule has 1 aromatic heterocycles. The molecule has 0 amide bonds. The first-order valence-corrected chi connectivity index (χ1v) is 4.79. The number of fused-ring (bicyclic) bond motifs is 1. The minimum Gasteiger partial charge on any atom is -0.278 e. The van der Waals surface area contributed by atoms with Crippen molar-refractivity contribution < 1.29 is 8.78 Å². The van der Waals surface area contributed by atoms with E-state index >= 15 is 0 Å². The summed E-state index contributed by atoms with van der Waals surface area (Å²) < 4.78 is 27.0. The average Bonchev–Trinajstić information content (AvgIpc) is 2.47. The van der Waals surface area contributed by atoms with E-state index in [9.17, 15) is 8.78 Å². The van der Waals surface area contributed by atoms with Gasteiger partial charge in [0, 0.05) is 22.3 Å². The minimum absolute atomic E-state index is 0.0179. The van der Waals surface area contributed by atoms with E-state index in [2.05, 4.69) is 26.1 Å². The molecule has 0 radical (unpaired) electrons. The SMILES string of the molecule is CC(F)(F)c1cc(Br)cc2[nH]ncc12. The molecule has 1 N–H and O–H groups in total. The third kappa shape index (κ3) is 1.52. The van der Waals surface area contributed by atoms with Crippen molar-refractivity contribution in [2.75, 3.05) is 0 Å². The van der Waals surface area contributed by atoms with E-state index in [0.717, 1.165) is 6.92 Å². The van der Waals surface area contributed by atoms with Gasteiger partial charge >= 0.3 is 0 Å². The Labute approximate surface area is 87.4 Å². The van der Waals surface area contributed by atoms with E-state index in [1.165, 1.54) is 12.3 Å². The van der Waals surface area contributed by atoms with E-state index in [-0.39, 0.29) is 5.56 Å². The fraction of sp³-hybridized carbons (Fsp3) is 0.222. The highest BCUT2D eigenvalue weighted by Gasteiger charge is 2.27. The summed E-state index contributed by atoms with van der Waals surface area (Å²) in [5.41, 5.74) is 0.589. The maximum atomic E-state index is 13.2. The van der Waals surface area contributed by atoms with Crippen LogP contribution in [0.15, 0.2) is 22.8 Å². The van der Waals surface area contributed by atoms with Crippen molar-refractivity contribution in [1.29, 1.82) is 0 Å². The Morgan fingerprint density at radius 1 is 1.43 bits per heavy atom. The molecular weight excluding hydrogens is 254 g/mol. The van der Waals surface area contributed by atoms with Crippen LogP contribution in [0, 0.1) is 0 Å². The smallest absolute Gasteiger partial charge is 0.271 e. The Balaban J connectivity index is 2.80. The third-order valence-corrected chi connectivity index (χ3v) is 2.45. The molecule has 0 saturated carbocycles. The predicted octanol–water partition coefficient (Wildman–Crippen LogP) is 3.44. The number of alkyl halides is 2. The second-order valence-electron chi connectivity index (χ2n) is 3.17. The van der Waals surface area contributed by atoms with Crippen molar-refractivity contribution in [3.8, 4) is 0 Å². The zero-order chi connectivity index (χ0) is 10.3. The number of aromatic nitrogens is 2. The molecule has 1 heterocycles. The van der Waals surface area contributed by atoms with E-state index in [1.54, 1.807) is 6.07 Å².